The summed E-state index contributed by atoms with van der Waals surface area (Å²) in [5.41, 5.74) is 0.0432. The number of carbonyl (C=O) groups is 2. The van der Waals surface area contributed by atoms with Gasteiger partial charge in [0.15, 0.2) is 0 Å². The molecule has 0 aliphatic heterocycles. The van der Waals surface area contributed by atoms with E-state index in [1.165, 1.54) is 0 Å². The van der Waals surface area contributed by atoms with Crippen molar-refractivity contribution in [3.8, 4) is 11.8 Å². The van der Waals surface area contributed by atoms with Crippen LogP contribution in [0.25, 0.3) is 0 Å². The zero-order valence-corrected chi connectivity index (χ0v) is 12.3. The van der Waals surface area contributed by atoms with Gasteiger partial charge < -0.3 is 0 Å². The molecule has 0 amide bonds. The Hall–Kier alpha value is -1.10. The van der Waals surface area contributed by atoms with Gasteiger partial charge in [-0.15, -0.1) is 11.8 Å². The first-order valence-electron chi connectivity index (χ1n) is 8.15. The van der Waals surface area contributed by atoms with Crippen molar-refractivity contribution in [2.24, 2.45) is 10.8 Å². The zero-order chi connectivity index (χ0) is 14.1. The van der Waals surface area contributed by atoms with Crippen LogP contribution in [-0.4, -0.2) is 11.6 Å². The summed E-state index contributed by atoms with van der Waals surface area (Å²) in [6, 6.07) is 0. The van der Waals surface area contributed by atoms with Crippen LogP contribution in [0.15, 0.2) is 0 Å². The lowest BCUT2D eigenvalue weighted by atomic mass is 9.63. The standard InChI is InChI=1S/C18H24O2/c19-15-11-17-9-7-5-3-1-2-4-6-8-10-18(17,13-15)14-16(20)12-17/h3-14H2. The second kappa shape index (κ2) is 5.35. The van der Waals surface area contributed by atoms with Crippen molar-refractivity contribution in [3.63, 3.8) is 0 Å². The van der Waals surface area contributed by atoms with Gasteiger partial charge in [-0.05, 0) is 36.5 Å². The SMILES string of the molecule is O=C1CC23CCCCC#CCCCCC2(C1)CC(=O)C3. The number of Topliss-reactive ketones (excluding diaryl/α,β-unsaturated/α-hetero) is 2. The Morgan fingerprint density at radius 1 is 0.650 bits per heavy atom. The van der Waals surface area contributed by atoms with Crippen molar-refractivity contribution in [1.82, 2.24) is 0 Å². The Balaban J connectivity index is 1.86. The lowest BCUT2D eigenvalue weighted by Gasteiger charge is -2.40. The second-order valence-corrected chi connectivity index (χ2v) is 7.11. The fraction of sp³-hybridized carbons (Fsp3) is 0.778. The van der Waals surface area contributed by atoms with Gasteiger partial charge in [0.25, 0.3) is 0 Å². The molecule has 2 fully saturated rings. The Kier molecular flexibility index (Phi) is 3.71. The molecule has 2 saturated carbocycles. The fourth-order valence-corrected chi connectivity index (χ4v) is 4.92. The third-order valence-electron chi connectivity index (χ3n) is 5.81. The van der Waals surface area contributed by atoms with Crippen LogP contribution in [0, 0.1) is 22.7 Å². The van der Waals surface area contributed by atoms with Gasteiger partial charge in [-0.3, -0.25) is 9.59 Å². The van der Waals surface area contributed by atoms with Crippen molar-refractivity contribution in [2.45, 2.75) is 77.0 Å². The van der Waals surface area contributed by atoms with Crippen LogP contribution < -0.4 is 0 Å². The first-order chi connectivity index (χ1) is 9.66. The van der Waals surface area contributed by atoms with E-state index in [1.54, 1.807) is 0 Å². The van der Waals surface area contributed by atoms with Gasteiger partial charge in [0.05, 0.1) is 0 Å². The van der Waals surface area contributed by atoms with Gasteiger partial charge >= 0.3 is 0 Å². The highest BCUT2D eigenvalue weighted by Gasteiger charge is 2.61. The molecule has 0 heterocycles. The maximum absolute atomic E-state index is 12.1. The lowest BCUT2D eigenvalue weighted by Crippen LogP contribution is -2.32. The summed E-state index contributed by atoms with van der Waals surface area (Å²) in [7, 11) is 0. The first-order valence-corrected chi connectivity index (χ1v) is 8.15. The monoisotopic (exact) mass is 272 g/mol. The molecular weight excluding hydrogens is 248 g/mol. The highest BCUT2D eigenvalue weighted by molar-refractivity contribution is 5.91. The number of rotatable bonds is 0. The summed E-state index contributed by atoms with van der Waals surface area (Å²) in [5, 5.41) is 0. The summed E-state index contributed by atoms with van der Waals surface area (Å²) in [6.45, 7) is 0. The number of hydrogen-bond donors (Lipinski definition) is 0. The highest BCUT2D eigenvalue weighted by atomic mass is 16.1. The van der Waals surface area contributed by atoms with Crippen molar-refractivity contribution >= 4 is 11.6 Å². The summed E-state index contributed by atoms with van der Waals surface area (Å²) in [6.07, 6.45) is 11.2. The third kappa shape index (κ3) is 2.32. The van der Waals surface area contributed by atoms with E-state index in [-0.39, 0.29) is 10.8 Å². The number of ketones is 2. The summed E-state index contributed by atoms with van der Waals surface area (Å²) in [5.74, 6) is 7.32. The quantitative estimate of drug-likeness (QED) is 0.628. The Morgan fingerprint density at radius 2 is 1.05 bits per heavy atom. The molecule has 0 saturated heterocycles. The number of carbonyl (C=O) groups excluding carboxylic acids is 2. The Morgan fingerprint density at radius 3 is 1.45 bits per heavy atom. The van der Waals surface area contributed by atoms with Crippen LogP contribution in [0.4, 0.5) is 0 Å². The number of hydrogen-bond acceptors (Lipinski definition) is 2. The van der Waals surface area contributed by atoms with Crippen LogP contribution in [-0.2, 0) is 9.59 Å². The van der Waals surface area contributed by atoms with Crippen LogP contribution >= 0.6 is 0 Å². The lowest BCUT2D eigenvalue weighted by molar-refractivity contribution is -0.120. The summed E-state index contributed by atoms with van der Waals surface area (Å²) >= 11 is 0. The van der Waals surface area contributed by atoms with Crippen molar-refractivity contribution in [3.05, 3.63) is 0 Å². The first kappa shape index (κ1) is 13.9. The molecule has 3 rings (SSSR count). The summed E-state index contributed by atoms with van der Waals surface area (Å²) in [4.78, 5) is 24.2. The molecule has 2 nitrogen and oxygen atoms in total. The predicted octanol–water partition coefficient (Wildman–Crippen LogP) is 3.82. The summed E-state index contributed by atoms with van der Waals surface area (Å²) < 4.78 is 0. The molecule has 2 heteroatoms. The molecule has 0 spiro atoms. The molecule has 0 aromatic carbocycles. The molecule has 0 radical (unpaired) electrons. The normalized spacial score (nSPS) is 38.2. The van der Waals surface area contributed by atoms with E-state index in [0.717, 1.165) is 51.4 Å². The van der Waals surface area contributed by atoms with Gasteiger partial charge in [-0.25, -0.2) is 0 Å². The topological polar surface area (TPSA) is 34.1 Å². The second-order valence-electron chi connectivity index (χ2n) is 7.11. The molecule has 0 aromatic rings. The van der Waals surface area contributed by atoms with E-state index in [0.29, 0.717) is 37.2 Å². The van der Waals surface area contributed by atoms with E-state index >= 15 is 0 Å². The van der Waals surface area contributed by atoms with Crippen molar-refractivity contribution < 1.29 is 9.59 Å². The van der Waals surface area contributed by atoms with Gasteiger partial charge in [0.2, 0.25) is 0 Å². The van der Waals surface area contributed by atoms with Crippen molar-refractivity contribution in [2.75, 3.05) is 0 Å². The third-order valence-corrected chi connectivity index (χ3v) is 5.81. The average molecular weight is 272 g/mol. The van der Waals surface area contributed by atoms with Gasteiger partial charge in [0.1, 0.15) is 11.6 Å². The van der Waals surface area contributed by atoms with E-state index in [4.69, 9.17) is 0 Å². The molecule has 108 valence electrons. The van der Waals surface area contributed by atoms with E-state index in [2.05, 4.69) is 11.8 Å². The van der Waals surface area contributed by atoms with Crippen LogP contribution in [0.5, 0.6) is 0 Å². The van der Waals surface area contributed by atoms with Crippen LogP contribution in [0.3, 0.4) is 0 Å². The van der Waals surface area contributed by atoms with Crippen LogP contribution in [0.1, 0.15) is 77.0 Å². The average Bonchev–Trinajstić information content (AvgIpc) is 2.75. The smallest absolute Gasteiger partial charge is 0.134 e. The molecular formula is C18H24O2. The molecule has 0 unspecified atom stereocenters. The molecule has 0 N–H and O–H groups in total. The molecule has 3 aliphatic carbocycles. The van der Waals surface area contributed by atoms with E-state index in [1.807, 2.05) is 0 Å². The highest BCUT2D eigenvalue weighted by Crippen LogP contribution is 2.65. The Bertz CT molecular complexity index is 419. The maximum Gasteiger partial charge on any atom is 0.134 e. The largest absolute Gasteiger partial charge is 0.300 e. The van der Waals surface area contributed by atoms with E-state index in [9.17, 15) is 9.59 Å². The van der Waals surface area contributed by atoms with E-state index < -0.39 is 0 Å². The molecule has 0 bridgehead atoms. The predicted molar refractivity (Wildman–Crippen MR) is 78.1 cm³/mol. The minimum Gasteiger partial charge on any atom is -0.300 e. The molecule has 0 aromatic heterocycles. The van der Waals surface area contributed by atoms with Crippen molar-refractivity contribution in [1.29, 1.82) is 0 Å². The van der Waals surface area contributed by atoms with Crippen LogP contribution in [0.2, 0.25) is 0 Å². The Labute approximate surface area is 121 Å². The van der Waals surface area contributed by atoms with Gasteiger partial charge in [0, 0.05) is 38.5 Å². The molecule has 20 heavy (non-hydrogen) atoms. The van der Waals surface area contributed by atoms with Gasteiger partial charge in [-0.1, -0.05) is 12.8 Å². The van der Waals surface area contributed by atoms with Gasteiger partial charge in [-0.2, -0.15) is 0 Å². The molecule has 0 atom stereocenters. The minimum atomic E-state index is 0.0216. The molecule has 3 aliphatic rings. The zero-order valence-electron chi connectivity index (χ0n) is 12.3. The fourth-order valence-electron chi connectivity index (χ4n) is 4.92. The minimum absolute atomic E-state index is 0.0216. The maximum atomic E-state index is 12.1.